The van der Waals surface area contributed by atoms with Gasteiger partial charge in [0, 0.05) is 24.5 Å². The first-order chi connectivity index (χ1) is 35.9. The minimum Gasteiger partial charge on any atom is -0.438 e. The maximum atomic E-state index is 14.9. The molecule has 2 unspecified atom stereocenters. The number of hydrogen-bond donors (Lipinski definition) is 5. The number of carbonyl (C=O) groups is 3. The predicted octanol–water partition coefficient (Wildman–Crippen LogP) is 2.02. The van der Waals surface area contributed by atoms with E-state index >= 15 is 0 Å². The van der Waals surface area contributed by atoms with E-state index in [9.17, 15) is 85.1 Å². The molecule has 0 amide bonds. The van der Waals surface area contributed by atoms with Gasteiger partial charge in [0.1, 0.15) is 19.3 Å². The van der Waals surface area contributed by atoms with Gasteiger partial charge in [0.2, 0.25) is 11.7 Å². The largest absolute Gasteiger partial charge is 0.509 e. The summed E-state index contributed by atoms with van der Waals surface area (Å²) in [5.74, 6) is -11.6. The number of rotatable bonds is 21. The smallest absolute Gasteiger partial charge is 0.438 e. The molecule has 0 spiro atoms. The van der Waals surface area contributed by atoms with E-state index < -0.39 is 162 Å². The molecular formula is C42H40F6N5O22P. The number of esters is 1. The van der Waals surface area contributed by atoms with Crippen LogP contribution in [0.1, 0.15) is 30.0 Å². The highest BCUT2D eigenvalue weighted by molar-refractivity contribution is 7.48. The molecule has 34 heteroatoms. The zero-order valence-corrected chi connectivity index (χ0v) is 39.1. The summed E-state index contributed by atoms with van der Waals surface area (Å²) >= 11 is 0. The van der Waals surface area contributed by atoms with Crippen molar-refractivity contribution in [1.82, 2.24) is 19.1 Å². The highest BCUT2D eigenvalue weighted by Gasteiger charge is 2.65. The van der Waals surface area contributed by atoms with Crippen molar-refractivity contribution >= 4 is 26.1 Å². The van der Waals surface area contributed by atoms with Crippen LogP contribution in [0.3, 0.4) is 0 Å². The van der Waals surface area contributed by atoms with E-state index in [-0.39, 0.29) is 0 Å². The summed E-state index contributed by atoms with van der Waals surface area (Å²) in [6.45, 7) is -5.57. The minimum absolute atomic E-state index is 0.318. The molecule has 412 valence electrons. The summed E-state index contributed by atoms with van der Waals surface area (Å²) in [6.07, 6.45) is -34.8. The monoisotopic (exact) mass is 1110 g/mol. The molecule has 0 bridgehead atoms. The first-order valence-electron chi connectivity index (χ1n) is 21.5. The number of nitrogens with one attached hydrogen (secondary N) is 2. The van der Waals surface area contributed by atoms with Gasteiger partial charge in [0.15, 0.2) is 50.0 Å². The molecule has 0 aliphatic carbocycles. The summed E-state index contributed by atoms with van der Waals surface area (Å²) in [7, 11) is -6.10. The van der Waals surface area contributed by atoms with Crippen LogP contribution >= 0.6 is 7.82 Å². The number of carbonyl (C=O) groups excluding carboxylic acids is 3. The van der Waals surface area contributed by atoms with Crippen molar-refractivity contribution in [3.05, 3.63) is 138 Å². The van der Waals surface area contributed by atoms with Crippen molar-refractivity contribution in [2.75, 3.05) is 20.0 Å². The number of ether oxygens (including phenoxy) is 8. The van der Waals surface area contributed by atoms with E-state index in [0.29, 0.717) is 32.5 Å². The van der Waals surface area contributed by atoms with Crippen LogP contribution in [0.5, 0.6) is 0 Å². The second kappa shape index (κ2) is 24.6. The number of aromatic amines is 2. The van der Waals surface area contributed by atoms with Crippen LogP contribution < -0.4 is 22.5 Å². The van der Waals surface area contributed by atoms with Crippen LogP contribution in [-0.2, 0) is 74.0 Å². The van der Waals surface area contributed by atoms with Gasteiger partial charge in [-0.1, -0.05) is 60.7 Å². The number of nitriles is 1. The molecule has 0 saturated carbocycles. The van der Waals surface area contributed by atoms with Gasteiger partial charge >= 0.3 is 49.8 Å². The molecule has 2 aromatic carbocycles. The van der Waals surface area contributed by atoms with E-state index in [4.69, 9.17) is 46.7 Å². The average Bonchev–Trinajstić information content (AvgIpc) is 3.83. The van der Waals surface area contributed by atoms with Gasteiger partial charge in [-0.25, -0.2) is 28.3 Å². The highest BCUT2D eigenvalue weighted by atomic mass is 31.2. The number of aliphatic hydroxyl groups is 3. The lowest BCUT2D eigenvalue weighted by Gasteiger charge is -2.35. The topological polar surface area (TPSA) is 364 Å². The quantitative estimate of drug-likeness (QED) is 0.0199. The zero-order valence-electron chi connectivity index (χ0n) is 38.2. The highest BCUT2D eigenvalue weighted by Crippen LogP contribution is 2.58. The van der Waals surface area contributed by atoms with Gasteiger partial charge in [-0.05, 0) is 11.1 Å². The lowest BCUT2D eigenvalue weighted by Crippen LogP contribution is -2.53. The molecule has 27 nitrogen and oxygen atoms in total. The zero-order chi connectivity index (χ0) is 55.6. The third kappa shape index (κ3) is 14.4. The minimum atomic E-state index is -6.29. The van der Waals surface area contributed by atoms with Gasteiger partial charge in [0.25, 0.3) is 11.1 Å². The number of halogens is 6. The second-order valence-electron chi connectivity index (χ2n) is 15.6. The summed E-state index contributed by atoms with van der Waals surface area (Å²) in [5.41, 5.74) is -4.00. The summed E-state index contributed by atoms with van der Waals surface area (Å²) in [4.78, 5) is 92.8. The van der Waals surface area contributed by atoms with Crippen molar-refractivity contribution in [1.29, 1.82) is 5.26 Å². The van der Waals surface area contributed by atoms with Crippen LogP contribution in [0.25, 0.3) is 0 Å². The molecule has 6 rings (SSSR count). The molecule has 2 aromatic heterocycles. The van der Waals surface area contributed by atoms with E-state index in [1.54, 1.807) is 59.6 Å². The molecule has 10 atom stereocenters. The SMILES string of the molecule is N#CCCOP(=O)(OC(O)[C@H]1O[C@@H](n2ccc(=O)[nH]c2=O)[C@H](OC(=O)OCc2ccccc2)[C@@H]1OC(=O)OCc1ccccc1)O[C@@]1(O)[C@@H](CO)O[C@@H](n2ccc(=O)[nH]c2=O)[C@@H]1OCOC(=O)C(C(F)(F)F)C(F)(F)F. The molecule has 5 N–H and O–H groups in total. The van der Waals surface area contributed by atoms with Crippen molar-refractivity contribution < 1.29 is 112 Å². The number of hydrogen-bond acceptors (Lipinski definition) is 23. The van der Waals surface area contributed by atoms with Crippen LogP contribution in [0.4, 0.5) is 35.9 Å². The molecule has 4 aromatic rings. The summed E-state index contributed by atoms with van der Waals surface area (Å²) in [6, 6.07) is 18.7. The number of nitrogens with zero attached hydrogens (tertiary/aromatic N) is 3. The molecule has 4 heterocycles. The van der Waals surface area contributed by atoms with Crippen molar-refractivity contribution in [3.8, 4) is 6.07 Å². The van der Waals surface area contributed by atoms with E-state index in [0.717, 1.165) is 12.3 Å². The van der Waals surface area contributed by atoms with Crippen LogP contribution in [0.2, 0.25) is 0 Å². The molecule has 2 fully saturated rings. The maximum absolute atomic E-state index is 14.9. The van der Waals surface area contributed by atoms with Crippen molar-refractivity contribution in [3.63, 3.8) is 0 Å². The lowest BCUT2D eigenvalue weighted by atomic mass is 10.1. The van der Waals surface area contributed by atoms with Crippen LogP contribution in [0, 0.1) is 17.2 Å². The standard InChI is InChI=1S/C42H40F6N5O22P/c43-41(44,45)30(42(46,47)48)35(58)68-21-67-31-33(53-16-13-26(56)51-37(53)60)70-24(18-54)40(31,63)75-76(64,69-17-7-14-49)74-34(57)29-27(72-38(61)65-19-22-8-3-1-4-9-22)28(32(71-29)52-15-12-25(55)50-36(52)59)73-39(62)66-20-23-10-5-2-6-11-23/h1-6,8-13,15-16,24,27-34,54,57,63H,7,17-21H2,(H,50,55,59)(H,51,56,60)/t24-,27+,28-,29+,31+,32-,33-,34?,40+,76?/m1/s1. The number of aliphatic hydroxyl groups excluding tert-OH is 2. The fourth-order valence-corrected chi connectivity index (χ4v) is 8.57. The first-order valence-corrected chi connectivity index (χ1v) is 23.0. The third-order valence-corrected chi connectivity index (χ3v) is 12.0. The molecule has 76 heavy (non-hydrogen) atoms. The number of aromatic nitrogens is 4. The summed E-state index contributed by atoms with van der Waals surface area (Å²) in [5, 5.41) is 43.7. The number of benzene rings is 2. The Bertz CT molecular complexity index is 2980. The van der Waals surface area contributed by atoms with Crippen molar-refractivity contribution in [2.45, 2.75) is 87.0 Å². The average molecular weight is 1110 g/mol. The van der Waals surface area contributed by atoms with E-state index in [2.05, 4.69) is 4.74 Å². The first kappa shape index (κ1) is 58.0. The number of phosphoric ester groups is 1. The Balaban J connectivity index is 1.38. The van der Waals surface area contributed by atoms with E-state index in [1.807, 2.05) is 4.98 Å². The Morgan fingerprint density at radius 2 is 1.29 bits per heavy atom. The Morgan fingerprint density at radius 3 is 1.78 bits per heavy atom. The Morgan fingerprint density at radius 1 is 0.776 bits per heavy atom. The third-order valence-electron chi connectivity index (χ3n) is 10.5. The molecule has 2 aliphatic heterocycles. The fourth-order valence-electron chi connectivity index (χ4n) is 7.13. The molecular weight excluding hydrogens is 1070 g/mol. The molecule has 0 radical (unpaired) electrons. The Kier molecular flexibility index (Phi) is 18.8. The van der Waals surface area contributed by atoms with Crippen molar-refractivity contribution in [2.24, 2.45) is 5.92 Å². The Labute approximate surface area is 419 Å². The van der Waals surface area contributed by atoms with Crippen LogP contribution in [0.15, 0.2) is 104 Å². The molecule has 2 aliphatic rings. The van der Waals surface area contributed by atoms with Gasteiger partial charge in [0.05, 0.1) is 25.7 Å². The normalized spacial score (nSPS) is 23.7. The van der Waals surface area contributed by atoms with Gasteiger partial charge < -0.3 is 53.2 Å². The molecule has 2 saturated heterocycles. The maximum Gasteiger partial charge on any atom is 0.509 e. The van der Waals surface area contributed by atoms with Gasteiger partial charge in [-0.2, -0.15) is 31.6 Å². The summed E-state index contributed by atoms with van der Waals surface area (Å²) < 4.78 is 153. The number of H-pyrrole nitrogens is 2. The number of phosphoric acid groups is 1. The predicted molar refractivity (Wildman–Crippen MR) is 229 cm³/mol. The van der Waals surface area contributed by atoms with Gasteiger partial charge in [-0.3, -0.25) is 42.5 Å². The Hall–Kier alpha value is -7.25. The van der Waals surface area contributed by atoms with Gasteiger partial charge in [-0.15, -0.1) is 0 Å². The fraction of sp³-hybridized carbons (Fsp3) is 0.429. The second-order valence-corrected chi connectivity index (χ2v) is 17.2. The van der Waals surface area contributed by atoms with E-state index in [1.165, 1.54) is 12.1 Å². The lowest BCUT2D eigenvalue weighted by molar-refractivity contribution is -0.289. The van der Waals surface area contributed by atoms with Crippen LogP contribution in [-0.4, -0.2) is 128 Å². The number of alkyl halides is 6.